The average Bonchev–Trinajstić information content (AvgIpc) is 2.49. The molecule has 1 aromatic carbocycles. The second-order valence-electron chi connectivity index (χ2n) is 5.25. The van der Waals surface area contributed by atoms with E-state index in [1.54, 1.807) is 0 Å². The summed E-state index contributed by atoms with van der Waals surface area (Å²) in [6.45, 7) is 8.33. The van der Waals surface area contributed by atoms with Crippen molar-refractivity contribution < 1.29 is 4.58 Å². The third-order valence-electron chi connectivity index (χ3n) is 3.73. The van der Waals surface area contributed by atoms with Gasteiger partial charge in [-0.25, -0.2) is 0 Å². The molecule has 3 rings (SSSR count). The van der Waals surface area contributed by atoms with Crippen molar-refractivity contribution in [3.05, 3.63) is 83.7 Å². The molecule has 2 aromatic rings. The van der Waals surface area contributed by atoms with E-state index < -0.39 is 0 Å². The van der Waals surface area contributed by atoms with Crippen LogP contribution in [0.1, 0.15) is 16.7 Å². The van der Waals surface area contributed by atoms with Gasteiger partial charge in [-0.3, -0.25) is 9.56 Å². The van der Waals surface area contributed by atoms with Gasteiger partial charge in [0.15, 0.2) is 0 Å². The lowest BCUT2D eigenvalue weighted by atomic mass is 9.92. The van der Waals surface area contributed by atoms with E-state index in [9.17, 15) is 0 Å². The van der Waals surface area contributed by atoms with Crippen LogP contribution in [0.2, 0.25) is 0 Å². The lowest BCUT2D eigenvalue weighted by Crippen LogP contribution is -2.14. The van der Waals surface area contributed by atoms with E-state index in [0.29, 0.717) is 0 Å². The van der Waals surface area contributed by atoms with Crippen molar-refractivity contribution in [3.63, 3.8) is 0 Å². The van der Waals surface area contributed by atoms with Crippen molar-refractivity contribution in [1.29, 1.82) is 0 Å². The van der Waals surface area contributed by atoms with Gasteiger partial charge in [0.1, 0.15) is 12.2 Å². The quantitative estimate of drug-likeness (QED) is 0.596. The molecule has 2 heteroatoms. The van der Waals surface area contributed by atoms with Gasteiger partial charge in [0.05, 0.1) is 12.4 Å². The summed E-state index contributed by atoms with van der Waals surface area (Å²) >= 11 is 0. The molecule has 0 unspecified atom stereocenters. The Kier molecular flexibility index (Phi) is 3.44. The van der Waals surface area contributed by atoms with Gasteiger partial charge in [-0.05, 0) is 36.3 Å². The Bertz CT molecular complexity index is 740. The van der Waals surface area contributed by atoms with E-state index in [1.165, 1.54) is 22.3 Å². The SMILES string of the molecule is C=[N+]1C=CC=C[C-]1c1cc(-c2ccccn2)c(C)cc1C. The molecule has 2 heterocycles. The molecular formula is C19H18N2. The first-order valence-electron chi connectivity index (χ1n) is 7.01. The molecule has 1 aliphatic rings. The van der Waals surface area contributed by atoms with E-state index in [-0.39, 0.29) is 0 Å². The molecular weight excluding hydrogens is 256 g/mol. The lowest BCUT2D eigenvalue weighted by molar-refractivity contribution is -0.417. The molecule has 0 fully saturated rings. The summed E-state index contributed by atoms with van der Waals surface area (Å²) in [5, 5.41) is 0. The fraction of sp³-hybridized carbons (Fsp3) is 0.105. The minimum atomic E-state index is 1.00. The first-order valence-corrected chi connectivity index (χ1v) is 7.01. The molecule has 0 radical (unpaired) electrons. The van der Waals surface area contributed by atoms with Crippen LogP contribution in [0.4, 0.5) is 0 Å². The standard InChI is InChI=1S/C19H18N2/c1-14-12-15(2)17(19-9-5-7-11-21(19)3)13-16(14)18-8-4-6-10-20-18/h4-13H,3H2,1-2H3. The molecule has 1 aliphatic heterocycles. The number of allylic oxidation sites excluding steroid dienone is 2. The highest BCUT2D eigenvalue weighted by Gasteiger charge is 2.17. The van der Waals surface area contributed by atoms with Crippen molar-refractivity contribution in [2.24, 2.45) is 0 Å². The smallest absolute Gasteiger partial charge is 0.147 e. The van der Waals surface area contributed by atoms with E-state index >= 15 is 0 Å². The maximum Gasteiger partial charge on any atom is 0.147 e. The molecule has 0 spiro atoms. The minimum Gasteiger partial charge on any atom is -0.257 e. The molecule has 2 nitrogen and oxygen atoms in total. The Morgan fingerprint density at radius 1 is 1.10 bits per heavy atom. The summed E-state index contributed by atoms with van der Waals surface area (Å²) in [6.07, 6.45) is 9.91. The van der Waals surface area contributed by atoms with Crippen LogP contribution in [-0.2, 0) is 0 Å². The zero-order valence-electron chi connectivity index (χ0n) is 12.4. The van der Waals surface area contributed by atoms with Crippen molar-refractivity contribution in [3.8, 4) is 11.3 Å². The number of aromatic nitrogens is 1. The molecule has 104 valence electrons. The maximum atomic E-state index is 4.47. The predicted octanol–water partition coefficient (Wildman–Crippen LogP) is 4.04. The van der Waals surface area contributed by atoms with Crippen molar-refractivity contribution in [2.45, 2.75) is 13.8 Å². The maximum absolute atomic E-state index is 4.47. The first kappa shape index (κ1) is 13.4. The van der Waals surface area contributed by atoms with Crippen LogP contribution in [0.5, 0.6) is 0 Å². The zero-order chi connectivity index (χ0) is 14.8. The second-order valence-corrected chi connectivity index (χ2v) is 5.25. The highest BCUT2D eigenvalue weighted by atomic mass is 15.0. The fourth-order valence-corrected chi connectivity index (χ4v) is 2.65. The van der Waals surface area contributed by atoms with Crippen LogP contribution in [0, 0.1) is 19.9 Å². The monoisotopic (exact) mass is 274 g/mol. The van der Waals surface area contributed by atoms with Gasteiger partial charge >= 0.3 is 0 Å². The number of hydrogen-bond donors (Lipinski definition) is 0. The molecule has 0 N–H and O–H groups in total. The molecule has 1 aromatic heterocycles. The topological polar surface area (TPSA) is 15.9 Å². The normalized spacial score (nSPS) is 13.8. The third kappa shape index (κ3) is 2.52. The Balaban J connectivity index is 2.12. The van der Waals surface area contributed by atoms with E-state index in [4.69, 9.17) is 0 Å². The largest absolute Gasteiger partial charge is 0.257 e. The van der Waals surface area contributed by atoms with Crippen molar-refractivity contribution in [1.82, 2.24) is 4.98 Å². The molecule has 0 bridgehead atoms. The molecule has 21 heavy (non-hydrogen) atoms. The Labute approximate surface area is 125 Å². The highest BCUT2D eigenvalue weighted by Crippen LogP contribution is 2.30. The summed E-state index contributed by atoms with van der Waals surface area (Å²) in [4.78, 5) is 4.47. The fourth-order valence-electron chi connectivity index (χ4n) is 2.65. The van der Waals surface area contributed by atoms with Gasteiger partial charge < -0.3 is 0 Å². The van der Waals surface area contributed by atoms with Crippen LogP contribution in [0.3, 0.4) is 0 Å². The minimum absolute atomic E-state index is 1.00. The summed E-state index contributed by atoms with van der Waals surface area (Å²) in [6, 6.07) is 11.5. The molecule has 0 aliphatic carbocycles. The summed E-state index contributed by atoms with van der Waals surface area (Å²) in [7, 11) is 0. The van der Waals surface area contributed by atoms with Gasteiger partial charge in [0.2, 0.25) is 0 Å². The Morgan fingerprint density at radius 2 is 1.95 bits per heavy atom. The van der Waals surface area contributed by atoms with Crippen LogP contribution >= 0.6 is 0 Å². The summed E-state index contributed by atoms with van der Waals surface area (Å²) < 4.78 is 1.90. The van der Waals surface area contributed by atoms with Crippen LogP contribution in [-0.4, -0.2) is 16.3 Å². The molecule has 0 amide bonds. The lowest BCUT2D eigenvalue weighted by Gasteiger charge is -2.21. The molecule has 0 saturated heterocycles. The number of benzene rings is 1. The number of nitrogens with zero attached hydrogens (tertiary/aromatic N) is 2. The van der Waals surface area contributed by atoms with E-state index in [1.807, 2.05) is 47.3 Å². The van der Waals surface area contributed by atoms with Crippen molar-refractivity contribution >= 4 is 6.72 Å². The van der Waals surface area contributed by atoms with Crippen LogP contribution in [0.25, 0.3) is 11.3 Å². The predicted molar refractivity (Wildman–Crippen MR) is 87.2 cm³/mol. The second kappa shape index (κ2) is 5.41. The Morgan fingerprint density at radius 3 is 2.67 bits per heavy atom. The number of pyridine rings is 1. The van der Waals surface area contributed by atoms with Gasteiger partial charge in [-0.15, -0.1) is 6.08 Å². The number of rotatable bonds is 2. The van der Waals surface area contributed by atoms with Gasteiger partial charge in [0.25, 0.3) is 0 Å². The van der Waals surface area contributed by atoms with Crippen LogP contribution in [0.15, 0.2) is 61.0 Å². The molecule has 0 atom stereocenters. The summed E-state index contributed by atoms with van der Waals surface area (Å²) in [5.74, 6) is 0. The first-order chi connectivity index (χ1) is 10.2. The zero-order valence-corrected chi connectivity index (χ0v) is 12.4. The number of aryl methyl sites for hydroxylation is 2. The Hall–Kier alpha value is -2.61. The van der Waals surface area contributed by atoms with Gasteiger partial charge in [-0.2, -0.15) is 0 Å². The third-order valence-corrected chi connectivity index (χ3v) is 3.73. The van der Waals surface area contributed by atoms with Gasteiger partial charge in [0, 0.05) is 6.20 Å². The van der Waals surface area contributed by atoms with E-state index in [2.05, 4.69) is 43.8 Å². The van der Waals surface area contributed by atoms with Gasteiger partial charge in [-0.1, -0.05) is 42.3 Å². The van der Waals surface area contributed by atoms with E-state index in [0.717, 1.165) is 11.7 Å². The van der Waals surface area contributed by atoms with Crippen molar-refractivity contribution in [2.75, 3.05) is 0 Å². The number of hydrogen-bond acceptors (Lipinski definition) is 1. The van der Waals surface area contributed by atoms with Crippen LogP contribution < -0.4 is 0 Å². The molecule has 0 saturated carbocycles. The highest BCUT2D eigenvalue weighted by molar-refractivity contribution is 5.67. The average molecular weight is 274 g/mol. The summed E-state index contributed by atoms with van der Waals surface area (Å²) in [5.41, 5.74) is 5.84.